The fourth-order valence-electron chi connectivity index (χ4n) is 1.86. The van der Waals surface area contributed by atoms with Gasteiger partial charge in [-0.25, -0.2) is 0 Å². The van der Waals surface area contributed by atoms with Crippen molar-refractivity contribution in [3.8, 4) is 0 Å². The molecule has 0 aliphatic carbocycles. The minimum absolute atomic E-state index is 0.128. The summed E-state index contributed by atoms with van der Waals surface area (Å²) in [6, 6.07) is 12.8. The summed E-state index contributed by atoms with van der Waals surface area (Å²) >= 11 is 0. The van der Waals surface area contributed by atoms with Crippen LogP contribution in [0.1, 0.15) is 15.9 Å². The molecule has 2 aromatic rings. The Hall–Kier alpha value is -2.15. The van der Waals surface area contributed by atoms with E-state index >= 15 is 0 Å². The zero-order chi connectivity index (χ0) is 16.9. The van der Waals surface area contributed by atoms with E-state index in [1.807, 2.05) is 6.07 Å². The third-order valence-electron chi connectivity index (χ3n) is 3.05. The van der Waals surface area contributed by atoms with Crippen LogP contribution in [0.4, 0.5) is 13.2 Å². The van der Waals surface area contributed by atoms with Crippen LogP contribution in [-0.2, 0) is 17.0 Å². The Morgan fingerprint density at radius 1 is 1.00 bits per heavy atom. The van der Waals surface area contributed by atoms with Crippen molar-refractivity contribution in [1.29, 1.82) is 0 Å². The molecule has 122 valence electrons. The zero-order valence-corrected chi connectivity index (χ0v) is 12.8. The summed E-state index contributed by atoms with van der Waals surface area (Å²) in [6.07, 6.45) is -4.43. The Balaban J connectivity index is 1.87. The number of nitrogens with one attached hydrogen (secondary N) is 1. The Bertz CT molecular complexity index is 685. The molecule has 23 heavy (non-hydrogen) atoms. The van der Waals surface area contributed by atoms with Gasteiger partial charge in [-0.05, 0) is 36.4 Å². The first-order chi connectivity index (χ1) is 10.9. The third-order valence-corrected chi connectivity index (χ3v) is 4.43. The molecule has 1 amide bonds. The molecule has 0 unspecified atom stereocenters. The molecule has 0 aliphatic rings. The summed E-state index contributed by atoms with van der Waals surface area (Å²) in [5, 5.41) is 2.54. The van der Waals surface area contributed by atoms with Crippen molar-refractivity contribution in [2.75, 3.05) is 12.3 Å². The number of hydrogen-bond donors (Lipinski definition) is 1. The maximum Gasteiger partial charge on any atom is 0.416 e. The molecule has 2 rings (SSSR count). The summed E-state index contributed by atoms with van der Waals surface area (Å²) in [7, 11) is -1.24. The molecule has 0 fully saturated rings. The van der Waals surface area contributed by atoms with Gasteiger partial charge < -0.3 is 5.32 Å². The van der Waals surface area contributed by atoms with E-state index in [-0.39, 0.29) is 17.9 Å². The quantitative estimate of drug-likeness (QED) is 0.907. The first kappa shape index (κ1) is 17.2. The number of carbonyl (C=O) groups excluding carboxylic acids is 1. The second kappa shape index (κ2) is 7.41. The van der Waals surface area contributed by atoms with Crippen LogP contribution in [-0.4, -0.2) is 22.4 Å². The van der Waals surface area contributed by atoms with Crippen molar-refractivity contribution < 1.29 is 22.2 Å². The van der Waals surface area contributed by atoms with E-state index in [1.165, 1.54) is 0 Å². The van der Waals surface area contributed by atoms with E-state index in [4.69, 9.17) is 0 Å². The largest absolute Gasteiger partial charge is 0.416 e. The summed E-state index contributed by atoms with van der Waals surface area (Å²) in [4.78, 5) is 12.5. The fraction of sp³-hybridized carbons (Fsp3) is 0.188. The zero-order valence-electron chi connectivity index (χ0n) is 12.0. The van der Waals surface area contributed by atoms with Crippen molar-refractivity contribution in [2.45, 2.75) is 11.1 Å². The van der Waals surface area contributed by atoms with E-state index in [9.17, 15) is 22.2 Å². The minimum atomic E-state index is -4.43. The van der Waals surface area contributed by atoms with Crippen LogP contribution < -0.4 is 5.32 Å². The van der Waals surface area contributed by atoms with Gasteiger partial charge in [-0.2, -0.15) is 13.2 Å². The van der Waals surface area contributed by atoms with Gasteiger partial charge in [-0.1, -0.05) is 18.2 Å². The number of hydrogen-bond acceptors (Lipinski definition) is 2. The SMILES string of the molecule is O=C(NCC[S@@](=O)c1ccccc1)c1ccc(C(F)(F)F)cc1. The lowest BCUT2D eigenvalue weighted by atomic mass is 10.1. The lowest BCUT2D eigenvalue weighted by Crippen LogP contribution is -2.27. The van der Waals surface area contributed by atoms with Crippen molar-refractivity contribution >= 4 is 16.7 Å². The van der Waals surface area contributed by atoms with Gasteiger partial charge in [-0.15, -0.1) is 0 Å². The molecule has 0 heterocycles. The molecule has 0 spiro atoms. The maximum absolute atomic E-state index is 12.4. The predicted molar refractivity (Wildman–Crippen MR) is 81.5 cm³/mol. The molecule has 0 radical (unpaired) electrons. The van der Waals surface area contributed by atoms with Crippen molar-refractivity contribution in [1.82, 2.24) is 5.32 Å². The summed E-state index contributed by atoms with van der Waals surface area (Å²) < 4.78 is 49.3. The molecule has 2 aromatic carbocycles. The number of alkyl halides is 3. The van der Waals surface area contributed by atoms with Crippen LogP contribution in [0.2, 0.25) is 0 Å². The van der Waals surface area contributed by atoms with Gasteiger partial charge in [0, 0.05) is 22.8 Å². The Kier molecular flexibility index (Phi) is 5.54. The maximum atomic E-state index is 12.4. The molecular weight excluding hydrogens is 327 g/mol. The van der Waals surface area contributed by atoms with Gasteiger partial charge in [0.1, 0.15) is 0 Å². The Labute approximate surface area is 134 Å². The molecule has 0 saturated heterocycles. The molecule has 1 atom stereocenters. The van der Waals surface area contributed by atoms with Gasteiger partial charge in [0.05, 0.1) is 16.4 Å². The lowest BCUT2D eigenvalue weighted by molar-refractivity contribution is -0.137. The van der Waals surface area contributed by atoms with Crippen LogP contribution in [0.25, 0.3) is 0 Å². The average Bonchev–Trinajstić information content (AvgIpc) is 2.54. The smallest absolute Gasteiger partial charge is 0.351 e. The summed E-state index contributed by atoms with van der Waals surface area (Å²) in [5.74, 6) is -0.264. The number of rotatable bonds is 5. The highest BCUT2D eigenvalue weighted by Gasteiger charge is 2.30. The van der Waals surface area contributed by atoms with Crippen LogP contribution in [0.15, 0.2) is 59.5 Å². The third kappa shape index (κ3) is 4.92. The van der Waals surface area contributed by atoms with Gasteiger partial charge in [0.15, 0.2) is 0 Å². The van der Waals surface area contributed by atoms with Crippen LogP contribution in [0.5, 0.6) is 0 Å². The molecule has 0 aromatic heterocycles. The second-order valence-corrected chi connectivity index (χ2v) is 6.26. The van der Waals surface area contributed by atoms with E-state index < -0.39 is 28.4 Å². The predicted octanol–water partition coefficient (Wildman–Crippen LogP) is 3.24. The standard InChI is InChI=1S/C16H14F3NO2S/c17-16(18,19)13-8-6-12(7-9-13)15(21)20-10-11-23(22)14-4-2-1-3-5-14/h1-9H,10-11H2,(H,20,21)/t23-/m1/s1. The van der Waals surface area contributed by atoms with Crippen molar-refractivity contribution in [3.05, 3.63) is 65.7 Å². The molecular formula is C16H14F3NO2S. The summed E-state index contributed by atoms with van der Waals surface area (Å²) in [6.45, 7) is 0.168. The van der Waals surface area contributed by atoms with Crippen molar-refractivity contribution in [2.24, 2.45) is 0 Å². The van der Waals surface area contributed by atoms with E-state index in [0.717, 1.165) is 24.3 Å². The molecule has 1 N–H and O–H groups in total. The van der Waals surface area contributed by atoms with Gasteiger partial charge in [-0.3, -0.25) is 9.00 Å². The van der Waals surface area contributed by atoms with E-state index in [2.05, 4.69) is 5.32 Å². The first-order valence-electron chi connectivity index (χ1n) is 6.77. The fourth-order valence-corrected chi connectivity index (χ4v) is 2.84. The summed E-state index contributed by atoms with van der Waals surface area (Å²) in [5.41, 5.74) is -0.678. The van der Waals surface area contributed by atoms with Crippen LogP contribution >= 0.6 is 0 Å². The topological polar surface area (TPSA) is 46.2 Å². The average molecular weight is 341 g/mol. The lowest BCUT2D eigenvalue weighted by Gasteiger charge is -2.08. The molecule has 3 nitrogen and oxygen atoms in total. The molecule has 7 heteroatoms. The number of benzene rings is 2. The second-order valence-electron chi connectivity index (χ2n) is 4.69. The van der Waals surface area contributed by atoms with Crippen LogP contribution in [0.3, 0.4) is 0 Å². The monoisotopic (exact) mass is 341 g/mol. The Morgan fingerprint density at radius 3 is 2.17 bits per heavy atom. The van der Waals surface area contributed by atoms with E-state index in [1.54, 1.807) is 24.3 Å². The molecule has 0 bridgehead atoms. The number of amides is 1. The van der Waals surface area contributed by atoms with Gasteiger partial charge in [0.2, 0.25) is 0 Å². The normalized spacial score (nSPS) is 12.7. The highest BCUT2D eigenvalue weighted by molar-refractivity contribution is 7.85. The minimum Gasteiger partial charge on any atom is -0.351 e. The number of carbonyl (C=O) groups is 1. The van der Waals surface area contributed by atoms with Crippen molar-refractivity contribution in [3.63, 3.8) is 0 Å². The van der Waals surface area contributed by atoms with Crippen LogP contribution in [0, 0.1) is 0 Å². The van der Waals surface area contributed by atoms with Gasteiger partial charge >= 0.3 is 6.18 Å². The highest BCUT2D eigenvalue weighted by atomic mass is 32.2. The Morgan fingerprint density at radius 2 is 1.61 bits per heavy atom. The van der Waals surface area contributed by atoms with Gasteiger partial charge in [0.25, 0.3) is 5.91 Å². The van der Waals surface area contributed by atoms with E-state index in [0.29, 0.717) is 4.90 Å². The molecule has 0 saturated carbocycles. The number of halogens is 3. The molecule has 0 aliphatic heterocycles. The first-order valence-corrected chi connectivity index (χ1v) is 8.09. The highest BCUT2D eigenvalue weighted by Crippen LogP contribution is 2.29.